The molecule has 1 atom stereocenters. The molecule has 2 nitrogen and oxygen atoms in total. The molecule has 1 saturated heterocycles. The van der Waals surface area contributed by atoms with Crippen molar-refractivity contribution in [2.24, 2.45) is 0 Å². The van der Waals surface area contributed by atoms with Crippen molar-refractivity contribution >= 4 is 24.8 Å². The van der Waals surface area contributed by atoms with Gasteiger partial charge in [0.05, 0.1) is 17.2 Å². The first-order valence-electron chi connectivity index (χ1n) is 7.03. The Labute approximate surface area is 156 Å². The lowest BCUT2D eigenvalue weighted by Crippen LogP contribution is -2.47. The highest BCUT2D eigenvalue weighted by atomic mass is 35.5. The summed E-state index contributed by atoms with van der Waals surface area (Å²) in [5.74, 6) is 0. The number of nitrogens with zero attached hydrogens (tertiary/aromatic N) is 1. The molecule has 2 rings (SSSR count). The molecule has 0 aromatic heterocycles. The van der Waals surface area contributed by atoms with E-state index in [0.717, 1.165) is 4.90 Å². The van der Waals surface area contributed by atoms with E-state index in [9.17, 15) is 35.1 Å². The molecule has 0 spiro atoms. The molecular formula is C14H16Cl2F8N2. The van der Waals surface area contributed by atoms with Gasteiger partial charge in [-0.05, 0) is 23.8 Å². The topological polar surface area (TPSA) is 15.3 Å². The van der Waals surface area contributed by atoms with Crippen LogP contribution in [0.3, 0.4) is 0 Å². The van der Waals surface area contributed by atoms with Crippen molar-refractivity contribution in [3.63, 3.8) is 0 Å². The lowest BCUT2D eigenvalue weighted by atomic mass is 9.95. The first-order chi connectivity index (χ1) is 11.0. The highest BCUT2D eigenvalue weighted by Gasteiger charge is 2.42. The predicted octanol–water partition coefficient (Wildman–Crippen LogP) is 4.78. The van der Waals surface area contributed by atoms with Crippen molar-refractivity contribution in [3.8, 4) is 0 Å². The van der Waals surface area contributed by atoms with Gasteiger partial charge in [0.15, 0.2) is 0 Å². The minimum atomic E-state index is -5.03. The van der Waals surface area contributed by atoms with Gasteiger partial charge in [-0.3, -0.25) is 4.90 Å². The van der Waals surface area contributed by atoms with Gasteiger partial charge in [-0.25, -0.2) is 8.78 Å². The lowest BCUT2D eigenvalue weighted by Gasteiger charge is -2.36. The third-order valence-corrected chi connectivity index (χ3v) is 3.79. The SMILES string of the molecule is Cl.Cl.FC(F)[C@@H](c1cc(C(F)(F)F)ccc1C(F)(F)F)N1CCNCC1. The number of halogens is 10. The van der Waals surface area contributed by atoms with E-state index in [0.29, 0.717) is 0 Å². The van der Waals surface area contributed by atoms with Crippen LogP contribution in [0.25, 0.3) is 0 Å². The van der Waals surface area contributed by atoms with Gasteiger partial charge in [0.1, 0.15) is 0 Å². The first-order valence-corrected chi connectivity index (χ1v) is 7.03. The number of hydrogen-bond acceptors (Lipinski definition) is 2. The molecule has 26 heavy (non-hydrogen) atoms. The quantitative estimate of drug-likeness (QED) is 0.688. The second kappa shape index (κ2) is 9.38. The van der Waals surface area contributed by atoms with Gasteiger partial charge >= 0.3 is 12.4 Å². The van der Waals surface area contributed by atoms with E-state index in [2.05, 4.69) is 5.32 Å². The maximum Gasteiger partial charge on any atom is 0.416 e. The summed E-state index contributed by atoms with van der Waals surface area (Å²) in [6.07, 6.45) is -13.2. The summed E-state index contributed by atoms with van der Waals surface area (Å²) >= 11 is 0. The molecule has 0 amide bonds. The Hall–Kier alpha value is -0.840. The predicted molar refractivity (Wildman–Crippen MR) is 84.1 cm³/mol. The summed E-state index contributed by atoms with van der Waals surface area (Å²) in [5, 5.41) is 2.85. The van der Waals surface area contributed by atoms with Crippen LogP contribution in [0.1, 0.15) is 22.7 Å². The van der Waals surface area contributed by atoms with E-state index in [1.54, 1.807) is 0 Å². The molecule has 0 unspecified atom stereocenters. The van der Waals surface area contributed by atoms with Crippen molar-refractivity contribution in [2.75, 3.05) is 26.2 Å². The maximum atomic E-state index is 13.5. The molecule has 152 valence electrons. The van der Waals surface area contributed by atoms with Gasteiger partial charge in [0.25, 0.3) is 6.43 Å². The summed E-state index contributed by atoms with van der Waals surface area (Å²) in [4.78, 5) is 1.08. The largest absolute Gasteiger partial charge is 0.416 e. The molecule has 1 fully saturated rings. The summed E-state index contributed by atoms with van der Waals surface area (Å²) in [6.45, 7) is 0.568. The van der Waals surface area contributed by atoms with E-state index in [4.69, 9.17) is 0 Å². The molecule has 1 heterocycles. The van der Waals surface area contributed by atoms with Crippen LogP contribution in [-0.2, 0) is 12.4 Å². The van der Waals surface area contributed by atoms with Crippen molar-refractivity contribution < 1.29 is 35.1 Å². The van der Waals surface area contributed by atoms with Crippen molar-refractivity contribution in [1.82, 2.24) is 10.2 Å². The first kappa shape index (κ1) is 25.2. The summed E-state index contributed by atoms with van der Waals surface area (Å²) in [7, 11) is 0. The molecule has 0 radical (unpaired) electrons. The van der Waals surface area contributed by atoms with Crippen LogP contribution in [0.5, 0.6) is 0 Å². The fraction of sp³-hybridized carbons (Fsp3) is 0.571. The third kappa shape index (κ3) is 5.83. The normalized spacial score (nSPS) is 17.4. The monoisotopic (exact) mass is 434 g/mol. The standard InChI is InChI=1S/C14H14F8N2.2ClH/c15-12(16)11(24-5-3-23-4-6-24)9-7-8(13(17,18)19)1-2-10(9)14(20,21)22;;/h1-2,7,11-12,23H,3-6H2;2*1H/t11-;;/m1../s1. The number of hydrogen-bond donors (Lipinski definition) is 1. The van der Waals surface area contributed by atoms with Crippen molar-refractivity contribution in [3.05, 3.63) is 34.9 Å². The van der Waals surface area contributed by atoms with Crippen LogP contribution in [0.4, 0.5) is 35.1 Å². The molecule has 1 aromatic carbocycles. The second-order valence-corrected chi connectivity index (χ2v) is 5.36. The number of piperazine rings is 1. The smallest absolute Gasteiger partial charge is 0.314 e. The fourth-order valence-corrected chi connectivity index (χ4v) is 2.69. The van der Waals surface area contributed by atoms with E-state index in [-0.39, 0.29) is 69.2 Å². The van der Waals surface area contributed by atoms with Gasteiger partial charge < -0.3 is 5.32 Å². The van der Waals surface area contributed by atoms with Crippen LogP contribution >= 0.6 is 24.8 Å². The fourth-order valence-electron chi connectivity index (χ4n) is 2.69. The summed E-state index contributed by atoms with van der Waals surface area (Å²) < 4.78 is 105. The maximum absolute atomic E-state index is 13.5. The number of benzene rings is 1. The van der Waals surface area contributed by atoms with E-state index in [1.807, 2.05) is 0 Å². The highest BCUT2D eigenvalue weighted by Crippen LogP contribution is 2.41. The molecule has 1 aromatic rings. The number of alkyl halides is 8. The molecule has 0 aliphatic carbocycles. The minimum absolute atomic E-state index is 0. The average molecular weight is 435 g/mol. The zero-order chi connectivity index (χ0) is 18.1. The Morgan fingerprint density at radius 2 is 1.42 bits per heavy atom. The Morgan fingerprint density at radius 3 is 1.85 bits per heavy atom. The summed E-state index contributed by atoms with van der Waals surface area (Å²) in [5.41, 5.74) is -3.90. The summed E-state index contributed by atoms with van der Waals surface area (Å²) in [6, 6.07) is -1.39. The van der Waals surface area contributed by atoms with Crippen LogP contribution in [0.15, 0.2) is 18.2 Å². The molecule has 1 aliphatic rings. The highest BCUT2D eigenvalue weighted by molar-refractivity contribution is 5.85. The van der Waals surface area contributed by atoms with Crippen molar-refractivity contribution in [2.45, 2.75) is 24.8 Å². The molecule has 1 aliphatic heterocycles. The van der Waals surface area contributed by atoms with Crippen LogP contribution in [0, 0.1) is 0 Å². The zero-order valence-electron chi connectivity index (χ0n) is 13.0. The van der Waals surface area contributed by atoms with Gasteiger partial charge in [-0.2, -0.15) is 26.3 Å². The van der Waals surface area contributed by atoms with Gasteiger partial charge in [-0.1, -0.05) is 0 Å². The van der Waals surface area contributed by atoms with Crippen LogP contribution in [-0.4, -0.2) is 37.5 Å². The average Bonchev–Trinajstić information content (AvgIpc) is 2.46. The Kier molecular flexibility index (Phi) is 9.08. The third-order valence-electron chi connectivity index (χ3n) is 3.79. The number of rotatable bonds is 3. The number of nitrogens with one attached hydrogen (secondary N) is 1. The minimum Gasteiger partial charge on any atom is -0.314 e. The van der Waals surface area contributed by atoms with Crippen molar-refractivity contribution in [1.29, 1.82) is 0 Å². The Morgan fingerprint density at radius 1 is 0.885 bits per heavy atom. The van der Waals surface area contributed by atoms with E-state index >= 15 is 0 Å². The molecular weight excluding hydrogens is 419 g/mol. The molecule has 12 heteroatoms. The lowest BCUT2D eigenvalue weighted by molar-refractivity contribution is -0.143. The van der Waals surface area contributed by atoms with E-state index < -0.39 is 41.5 Å². The molecule has 0 saturated carbocycles. The zero-order valence-corrected chi connectivity index (χ0v) is 14.6. The Bertz CT molecular complexity index is 571. The van der Waals surface area contributed by atoms with E-state index in [1.165, 1.54) is 0 Å². The van der Waals surface area contributed by atoms with Gasteiger partial charge in [-0.15, -0.1) is 24.8 Å². The Balaban J connectivity index is 0.00000312. The molecule has 1 N–H and O–H groups in total. The van der Waals surface area contributed by atoms with Crippen LogP contribution in [0.2, 0.25) is 0 Å². The van der Waals surface area contributed by atoms with Crippen LogP contribution < -0.4 is 5.32 Å². The molecule has 0 bridgehead atoms. The second-order valence-electron chi connectivity index (χ2n) is 5.36. The van der Waals surface area contributed by atoms with Gasteiger partial charge in [0, 0.05) is 26.2 Å². The van der Waals surface area contributed by atoms with Gasteiger partial charge in [0.2, 0.25) is 0 Å².